The molecule has 2 aromatic rings. The SMILES string of the molecule is Cc1csc(-c2cc(CO)nn2CC2CCCCC2)c1. The highest BCUT2D eigenvalue weighted by atomic mass is 32.1. The van der Waals surface area contributed by atoms with Gasteiger partial charge < -0.3 is 5.11 Å². The third kappa shape index (κ3) is 2.96. The second-order valence-electron chi connectivity index (χ2n) is 5.85. The number of hydrogen-bond acceptors (Lipinski definition) is 3. The smallest absolute Gasteiger partial charge is 0.0885 e. The second kappa shape index (κ2) is 6.10. The number of thiophene rings is 1. The Kier molecular flexibility index (Phi) is 4.22. The first-order valence-electron chi connectivity index (χ1n) is 7.49. The molecule has 3 rings (SSSR count). The Balaban J connectivity index is 1.86. The molecule has 4 heteroatoms. The monoisotopic (exact) mass is 290 g/mol. The van der Waals surface area contributed by atoms with Gasteiger partial charge in [-0.3, -0.25) is 4.68 Å². The fourth-order valence-corrected chi connectivity index (χ4v) is 3.98. The van der Waals surface area contributed by atoms with Crippen LogP contribution >= 0.6 is 11.3 Å². The molecular weight excluding hydrogens is 268 g/mol. The molecule has 1 fully saturated rings. The Labute approximate surface area is 124 Å². The normalized spacial score (nSPS) is 16.7. The Morgan fingerprint density at radius 2 is 2.10 bits per heavy atom. The molecule has 0 aliphatic heterocycles. The summed E-state index contributed by atoms with van der Waals surface area (Å²) in [7, 11) is 0. The Hall–Kier alpha value is -1.13. The van der Waals surface area contributed by atoms with E-state index >= 15 is 0 Å². The van der Waals surface area contributed by atoms with Crippen LogP contribution in [0.5, 0.6) is 0 Å². The maximum Gasteiger partial charge on any atom is 0.0885 e. The van der Waals surface area contributed by atoms with E-state index in [-0.39, 0.29) is 6.61 Å². The first-order chi connectivity index (χ1) is 9.76. The molecule has 2 aromatic heterocycles. The average molecular weight is 290 g/mol. The van der Waals surface area contributed by atoms with Crippen molar-refractivity contribution in [1.29, 1.82) is 0 Å². The first kappa shape index (κ1) is 13.8. The molecule has 0 spiro atoms. The predicted molar refractivity (Wildman–Crippen MR) is 82.8 cm³/mol. The van der Waals surface area contributed by atoms with Gasteiger partial charge in [0.1, 0.15) is 0 Å². The van der Waals surface area contributed by atoms with Crippen LogP contribution in [0.3, 0.4) is 0 Å². The molecule has 1 aliphatic rings. The van der Waals surface area contributed by atoms with E-state index in [1.54, 1.807) is 11.3 Å². The largest absolute Gasteiger partial charge is 0.390 e. The van der Waals surface area contributed by atoms with Gasteiger partial charge in [0.2, 0.25) is 0 Å². The zero-order valence-electron chi connectivity index (χ0n) is 12.0. The molecule has 1 N–H and O–H groups in total. The quantitative estimate of drug-likeness (QED) is 0.924. The minimum atomic E-state index is 0.0228. The van der Waals surface area contributed by atoms with Gasteiger partial charge in [0, 0.05) is 6.54 Å². The fourth-order valence-electron chi connectivity index (χ4n) is 3.06. The van der Waals surface area contributed by atoms with Crippen molar-refractivity contribution in [1.82, 2.24) is 9.78 Å². The lowest BCUT2D eigenvalue weighted by Gasteiger charge is -2.22. The van der Waals surface area contributed by atoms with Gasteiger partial charge in [-0.05, 0) is 48.8 Å². The predicted octanol–water partition coefficient (Wildman–Crippen LogP) is 3.99. The zero-order valence-corrected chi connectivity index (χ0v) is 12.8. The lowest BCUT2D eigenvalue weighted by atomic mass is 9.89. The molecule has 0 bridgehead atoms. The van der Waals surface area contributed by atoms with Crippen molar-refractivity contribution in [2.24, 2.45) is 5.92 Å². The number of hydrogen-bond donors (Lipinski definition) is 1. The molecule has 1 saturated carbocycles. The van der Waals surface area contributed by atoms with E-state index in [9.17, 15) is 5.11 Å². The molecule has 2 heterocycles. The average Bonchev–Trinajstić information content (AvgIpc) is 3.06. The van der Waals surface area contributed by atoms with Crippen LogP contribution in [0.25, 0.3) is 10.6 Å². The number of aryl methyl sites for hydroxylation is 1. The van der Waals surface area contributed by atoms with Crippen LogP contribution < -0.4 is 0 Å². The van der Waals surface area contributed by atoms with Crippen LogP contribution in [-0.4, -0.2) is 14.9 Å². The van der Waals surface area contributed by atoms with E-state index in [4.69, 9.17) is 0 Å². The van der Waals surface area contributed by atoms with E-state index in [1.807, 2.05) is 6.07 Å². The lowest BCUT2D eigenvalue weighted by molar-refractivity contribution is 0.271. The van der Waals surface area contributed by atoms with Gasteiger partial charge in [0.05, 0.1) is 22.9 Å². The second-order valence-corrected chi connectivity index (χ2v) is 6.76. The summed E-state index contributed by atoms with van der Waals surface area (Å²) in [6.45, 7) is 3.14. The van der Waals surface area contributed by atoms with Crippen molar-refractivity contribution in [3.05, 3.63) is 28.8 Å². The number of aromatic nitrogens is 2. The van der Waals surface area contributed by atoms with E-state index in [2.05, 4.69) is 28.2 Å². The fraction of sp³-hybridized carbons (Fsp3) is 0.562. The third-order valence-electron chi connectivity index (χ3n) is 4.13. The van der Waals surface area contributed by atoms with Crippen LogP contribution in [0.4, 0.5) is 0 Å². The third-order valence-corrected chi connectivity index (χ3v) is 5.20. The molecule has 0 atom stereocenters. The number of aliphatic hydroxyl groups is 1. The summed E-state index contributed by atoms with van der Waals surface area (Å²) in [5.74, 6) is 0.745. The maximum atomic E-state index is 9.36. The number of nitrogens with zero attached hydrogens (tertiary/aromatic N) is 2. The van der Waals surface area contributed by atoms with Gasteiger partial charge in [-0.2, -0.15) is 5.10 Å². The highest BCUT2D eigenvalue weighted by Gasteiger charge is 2.18. The standard InChI is InChI=1S/C16H22N2OS/c1-12-7-16(20-11-12)15-8-14(10-19)17-18(15)9-13-5-3-2-4-6-13/h7-8,11,13,19H,2-6,9-10H2,1H3. The van der Waals surface area contributed by atoms with Crippen LogP contribution in [0, 0.1) is 12.8 Å². The molecular formula is C16H22N2OS. The van der Waals surface area contributed by atoms with Gasteiger partial charge in [-0.15, -0.1) is 11.3 Å². The van der Waals surface area contributed by atoms with Gasteiger partial charge in [-0.1, -0.05) is 19.3 Å². The Morgan fingerprint density at radius 1 is 1.30 bits per heavy atom. The summed E-state index contributed by atoms with van der Waals surface area (Å²) in [6.07, 6.45) is 6.72. The molecule has 0 aromatic carbocycles. The summed E-state index contributed by atoms with van der Waals surface area (Å²) in [5.41, 5.74) is 3.24. The van der Waals surface area contributed by atoms with E-state index < -0.39 is 0 Å². The summed E-state index contributed by atoms with van der Waals surface area (Å²) in [5, 5.41) is 16.1. The van der Waals surface area contributed by atoms with Crippen LogP contribution in [0.2, 0.25) is 0 Å². The topological polar surface area (TPSA) is 38.1 Å². The van der Waals surface area contributed by atoms with Crippen molar-refractivity contribution in [3.8, 4) is 10.6 Å². The first-order valence-corrected chi connectivity index (χ1v) is 8.37. The molecule has 0 radical (unpaired) electrons. The van der Waals surface area contributed by atoms with Crippen molar-refractivity contribution in [2.45, 2.75) is 52.2 Å². The molecule has 0 unspecified atom stereocenters. The van der Waals surface area contributed by atoms with Crippen molar-refractivity contribution >= 4 is 11.3 Å². The van der Waals surface area contributed by atoms with Crippen LogP contribution in [0.15, 0.2) is 17.5 Å². The van der Waals surface area contributed by atoms with Crippen LogP contribution in [-0.2, 0) is 13.2 Å². The van der Waals surface area contributed by atoms with Gasteiger partial charge >= 0.3 is 0 Å². The van der Waals surface area contributed by atoms with Gasteiger partial charge in [0.25, 0.3) is 0 Å². The lowest BCUT2D eigenvalue weighted by Crippen LogP contribution is -2.15. The van der Waals surface area contributed by atoms with Crippen LogP contribution in [0.1, 0.15) is 43.4 Å². The minimum Gasteiger partial charge on any atom is -0.390 e. The summed E-state index contributed by atoms with van der Waals surface area (Å²) >= 11 is 1.76. The summed E-state index contributed by atoms with van der Waals surface area (Å²) in [4.78, 5) is 1.26. The van der Waals surface area contributed by atoms with Crippen molar-refractivity contribution < 1.29 is 5.11 Å². The van der Waals surface area contributed by atoms with Crippen molar-refractivity contribution in [3.63, 3.8) is 0 Å². The van der Waals surface area contributed by atoms with Crippen molar-refractivity contribution in [2.75, 3.05) is 0 Å². The van der Waals surface area contributed by atoms with E-state index in [1.165, 1.54) is 42.5 Å². The minimum absolute atomic E-state index is 0.0228. The Bertz CT molecular complexity index is 567. The zero-order chi connectivity index (χ0) is 13.9. The van der Waals surface area contributed by atoms with Gasteiger partial charge in [-0.25, -0.2) is 0 Å². The molecule has 3 nitrogen and oxygen atoms in total. The maximum absolute atomic E-state index is 9.36. The number of aliphatic hydroxyl groups excluding tert-OH is 1. The summed E-state index contributed by atoms with van der Waals surface area (Å²) in [6, 6.07) is 4.24. The molecule has 20 heavy (non-hydrogen) atoms. The molecule has 0 amide bonds. The van der Waals surface area contributed by atoms with E-state index in [0.29, 0.717) is 0 Å². The molecule has 0 saturated heterocycles. The molecule has 108 valence electrons. The number of rotatable bonds is 4. The highest BCUT2D eigenvalue weighted by Crippen LogP contribution is 2.31. The summed E-state index contributed by atoms with van der Waals surface area (Å²) < 4.78 is 2.12. The van der Waals surface area contributed by atoms with Gasteiger partial charge in [0.15, 0.2) is 0 Å². The highest BCUT2D eigenvalue weighted by molar-refractivity contribution is 7.13. The Morgan fingerprint density at radius 3 is 2.75 bits per heavy atom. The van der Waals surface area contributed by atoms with E-state index in [0.717, 1.165) is 23.9 Å². The molecule has 1 aliphatic carbocycles.